The smallest absolute Gasteiger partial charge is 0.345 e. The molecule has 0 amide bonds. The van der Waals surface area contributed by atoms with Crippen molar-refractivity contribution < 1.29 is 48.8 Å². The van der Waals surface area contributed by atoms with E-state index in [0.29, 0.717) is 19.3 Å². The number of hydrogen-bond acceptors (Lipinski definition) is 10. The van der Waals surface area contributed by atoms with E-state index in [0.717, 1.165) is 18.4 Å². The molecule has 10 nitrogen and oxygen atoms in total. The molecule has 1 aliphatic heterocycles. The number of hydrogen-bond donors (Lipinski definition) is 3. The molecule has 0 saturated carbocycles. The highest BCUT2D eigenvalue weighted by atomic mass is 16.6. The van der Waals surface area contributed by atoms with Gasteiger partial charge in [0, 0.05) is 30.3 Å². The zero-order valence-corrected chi connectivity index (χ0v) is 26.6. The van der Waals surface area contributed by atoms with Gasteiger partial charge >= 0.3 is 17.9 Å². The van der Waals surface area contributed by atoms with Crippen LogP contribution >= 0.6 is 0 Å². The van der Waals surface area contributed by atoms with Crippen LogP contribution in [0.25, 0.3) is 0 Å². The molecule has 242 valence electrons. The number of aliphatic hydroxyl groups excluding tert-OH is 3. The lowest BCUT2D eigenvalue weighted by Crippen LogP contribution is -2.36. The Bertz CT molecular complexity index is 1090. The summed E-state index contributed by atoms with van der Waals surface area (Å²) in [5, 5.41) is 31.5. The SMILES string of the molecule is C=C/C(=C\C(=O)CC(C)CC(C)CCC(O)C(C)C(=O)CC(O)C(C)C(C)OC(=O)CC(O)C1=C(C)C(=O)OC1=O)CC. The van der Waals surface area contributed by atoms with E-state index >= 15 is 0 Å². The molecule has 0 spiro atoms. The lowest BCUT2D eigenvalue weighted by atomic mass is 9.85. The van der Waals surface area contributed by atoms with Gasteiger partial charge in [0.05, 0.1) is 30.3 Å². The molecule has 0 radical (unpaired) electrons. The van der Waals surface area contributed by atoms with Crippen molar-refractivity contribution in [2.75, 3.05) is 0 Å². The summed E-state index contributed by atoms with van der Waals surface area (Å²) in [6.45, 7) is 15.8. The molecule has 1 aliphatic rings. The first-order chi connectivity index (χ1) is 20.0. The van der Waals surface area contributed by atoms with Crippen LogP contribution < -0.4 is 0 Å². The number of ether oxygens (including phenoxy) is 2. The number of esters is 3. The van der Waals surface area contributed by atoms with Crippen LogP contribution in [-0.2, 0) is 33.4 Å². The Balaban J connectivity index is 2.51. The van der Waals surface area contributed by atoms with E-state index in [4.69, 9.17) is 4.74 Å². The Morgan fingerprint density at radius 3 is 2.07 bits per heavy atom. The van der Waals surface area contributed by atoms with Crippen LogP contribution in [0.4, 0.5) is 0 Å². The number of carbonyl (C=O) groups is 5. The topological polar surface area (TPSA) is 164 Å². The highest BCUT2D eigenvalue weighted by Gasteiger charge is 2.36. The highest BCUT2D eigenvalue weighted by Crippen LogP contribution is 2.25. The molecule has 0 fully saturated rings. The molecule has 1 heterocycles. The summed E-state index contributed by atoms with van der Waals surface area (Å²) in [7, 11) is 0. The molecule has 0 aromatic rings. The lowest BCUT2D eigenvalue weighted by molar-refractivity contribution is -0.154. The van der Waals surface area contributed by atoms with Crippen molar-refractivity contribution in [2.45, 2.75) is 118 Å². The fraction of sp³-hybridized carbons (Fsp3) is 0.667. The van der Waals surface area contributed by atoms with E-state index in [9.17, 15) is 39.3 Å². The molecule has 0 bridgehead atoms. The van der Waals surface area contributed by atoms with E-state index in [1.54, 1.807) is 26.0 Å². The number of cyclic esters (lactones) is 2. The number of ketones is 2. The molecule has 3 N–H and O–H groups in total. The number of Topliss-reactive ketones (excluding diaryl/α,β-unsaturated/α-hetero) is 1. The zero-order chi connectivity index (χ0) is 33.0. The average Bonchev–Trinajstić information content (AvgIpc) is 3.19. The van der Waals surface area contributed by atoms with Crippen LogP contribution in [0.5, 0.6) is 0 Å². The van der Waals surface area contributed by atoms with Gasteiger partial charge in [0.25, 0.3) is 0 Å². The number of rotatable bonds is 20. The summed E-state index contributed by atoms with van der Waals surface area (Å²) in [6.07, 6.45) is 1.16. The van der Waals surface area contributed by atoms with Crippen LogP contribution in [0.2, 0.25) is 0 Å². The van der Waals surface area contributed by atoms with E-state index in [1.807, 2.05) is 13.8 Å². The van der Waals surface area contributed by atoms with Gasteiger partial charge < -0.3 is 24.8 Å². The summed E-state index contributed by atoms with van der Waals surface area (Å²) in [4.78, 5) is 60.6. The van der Waals surface area contributed by atoms with Crippen LogP contribution in [0.1, 0.15) is 93.4 Å². The Morgan fingerprint density at radius 2 is 1.53 bits per heavy atom. The van der Waals surface area contributed by atoms with Gasteiger partial charge in [0.15, 0.2) is 5.78 Å². The lowest BCUT2D eigenvalue weighted by Gasteiger charge is -2.27. The van der Waals surface area contributed by atoms with Gasteiger partial charge in [-0.05, 0) is 63.0 Å². The average molecular weight is 607 g/mol. The number of carbonyl (C=O) groups excluding carboxylic acids is 5. The van der Waals surface area contributed by atoms with Gasteiger partial charge in [-0.1, -0.05) is 47.3 Å². The van der Waals surface area contributed by atoms with Crippen molar-refractivity contribution in [2.24, 2.45) is 23.7 Å². The number of allylic oxidation sites excluding steroid dienone is 3. The van der Waals surface area contributed by atoms with Gasteiger partial charge in [-0.3, -0.25) is 14.4 Å². The maximum absolute atomic E-state index is 12.8. The molecule has 8 unspecified atom stereocenters. The highest BCUT2D eigenvalue weighted by molar-refractivity contribution is 6.12. The molecule has 43 heavy (non-hydrogen) atoms. The van der Waals surface area contributed by atoms with Gasteiger partial charge in [-0.15, -0.1) is 0 Å². The van der Waals surface area contributed by atoms with Crippen LogP contribution in [0.15, 0.2) is 35.5 Å². The van der Waals surface area contributed by atoms with Crippen LogP contribution in [-0.4, -0.2) is 69.2 Å². The van der Waals surface area contributed by atoms with E-state index in [2.05, 4.69) is 18.2 Å². The van der Waals surface area contributed by atoms with Crippen molar-refractivity contribution >= 4 is 29.5 Å². The van der Waals surface area contributed by atoms with Crippen molar-refractivity contribution in [3.8, 4) is 0 Å². The fourth-order valence-corrected chi connectivity index (χ4v) is 5.10. The van der Waals surface area contributed by atoms with Gasteiger partial charge in [-0.25, -0.2) is 9.59 Å². The van der Waals surface area contributed by atoms with Crippen molar-refractivity contribution in [1.82, 2.24) is 0 Å². The molecular formula is C33H50O10. The third kappa shape index (κ3) is 12.3. The summed E-state index contributed by atoms with van der Waals surface area (Å²) >= 11 is 0. The number of aliphatic hydroxyl groups is 3. The summed E-state index contributed by atoms with van der Waals surface area (Å²) in [5.74, 6) is -3.91. The summed E-state index contributed by atoms with van der Waals surface area (Å²) < 4.78 is 9.71. The molecule has 1 rings (SSSR count). The third-order valence-corrected chi connectivity index (χ3v) is 8.30. The van der Waals surface area contributed by atoms with E-state index in [1.165, 1.54) is 13.8 Å². The van der Waals surface area contributed by atoms with Crippen molar-refractivity contribution in [3.63, 3.8) is 0 Å². The Hall–Kier alpha value is -2.95. The van der Waals surface area contributed by atoms with E-state index in [-0.39, 0.29) is 41.0 Å². The Kier molecular flexibility index (Phi) is 15.9. The van der Waals surface area contributed by atoms with Crippen molar-refractivity contribution in [3.05, 3.63) is 35.5 Å². The van der Waals surface area contributed by atoms with E-state index < -0.39 is 60.6 Å². The standard InChI is InChI=1S/C33H50O10/c1-9-24(10-2)15-25(34)14-19(4)13-18(3)11-12-26(35)21(6)28(37)16-27(36)20(5)23(8)42-30(39)17-29(38)31-22(7)32(40)43-33(31)41/h9,15,18-21,23,26-27,29,35-36,38H,1,10-14,16-17H2,2-8H3/b24-15+. The maximum atomic E-state index is 12.8. The monoisotopic (exact) mass is 606 g/mol. The first-order valence-corrected chi connectivity index (χ1v) is 15.1. The van der Waals surface area contributed by atoms with Gasteiger partial charge in [0.1, 0.15) is 11.9 Å². The first kappa shape index (κ1) is 38.1. The zero-order valence-electron chi connectivity index (χ0n) is 26.6. The Labute approximate surface area is 255 Å². The molecule has 0 saturated heterocycles. The molecule has 0 aromatic carbocycles. The normalized spacial score (nSPS) is 19.5. The fourth-order valence-electron chi connectivity index (χ4n) is 5.10. The molecule has 10 heteroatoms. The molecule has 0 aromatic heterocycles. The third-order valence-electron chi connectivity index (χ3n) is 8.30. The van der Waals surface area contributed by atoms with Gasteiger partial charge in [-0.2, -0.15) is 0 Å². The first-order valence-electron chi connectivity index (χ1n) is 15.1. The summed E-state index contributed by atoms with van der Waals surface area (Å²) in [6, 6.07) is 0. The molecule has 0 aliphatic carbocycles. The van der Waals surface area contributed by atoms with Crippen molar-refractivity contribution in [1.29, 1.82) is 0 Å². The molecular weight excluding hydrogens is 556 g/mol. The second-order valence-corrected chi connectivity index (χ2v) is 12.1. The minimum absolute atomic E-state index is 0.0736. The maximum Gasteiger partial charge on any atom is 0.345 e. The summed E-state index contributed by atoms with van der Waals surface area (Å²) in [5.41, 5.74) is 0.552. The second kappa shape index (κ2) is 18.0. The predicted octanol–water partition coefficient (Wildman–Crippen LogP) is 3.95. The van der Waals surface area contributed by atoms with Crippen LogP contribution in [0.3, 0.4) is 0 Å². The minimum atomic E-state index is -1.58. The van der Waals surface area contributed by atoms with Crippen LogP contribution in [0, 0.1) is 23.7 Å². The molecule has 8 atom stereocenters. The Morgan fingerprint density at radius 1 is 0.907 bits per heavy atom. The minimum Gasteiger partial charge on any atom is -0.462 e. The largest absolute Gasteiger partial charge is 0.462 e. The van der Waals surface area contributed by atoms with Gasteiger partial charge in [0.2, 0.25) is 0 Å². The quantitative estimate of drug-likeness (QED) is 0.0800. The second-order valence-electron chi connectivity index (χ2n) is 12.1. The predicted molar refractivity (Wildman–Crippen MR) is 160 cm³/mol.